The lowest BCUT2D eigenvalue weighted by Gasteiger charge is -2.21. The van der Waals surface area contributed by atoms with Crippen molar-refractivity contribution in [3.63, 3.8) is 0 Å². The highest BCUT2D eigenvalue weighted by atomic mass is 16.4. The van der Waals surface area contributed by atoms with Crippen LogP contribution in [-0.2, 0) is 9.59 Å². The van der Waals surface area contributed by atoms with Crippen LogP contribution in [0.2, 0.25) is 0 Å². The summed E-state index contributed by atoms with van der Waals surface area (Å²) in [6, 6.07) is -0.615. The Hall–Kier alpha value is -2.36. The summed E-state index contributed by atoms with van der Waals surface area (Å²) < 4.78 is 0. The second-order valence-corrected chi connectivity index (χ2v) is 7.18. The fraction of sp³-hybridized carbons (Fsp3) is 0.520. The maximum Gasteiger partial charge on any atom is 0.326 e. The van der Waals surface area contributed by atoms with E-state index in [4.69, 9.17) is 5.11 Å². The summed E-state index contributed by atoms with van der Waals surface area (Å²) in [4.78, 5) is 24.8. The van der Waals surface area contributed by atoms with Crippen molar-refractivity contribution in [3.8, 4) is 0 Å². The predicted molar refractivity (Wildman–Crippen MR) is 121 cm³/mol. The van der Waals surface area contributed by atoms with Gasteiger partial charge in [-0.05, 0) is 57.8 Å². The molecule has 1 fully saturated rings. The normalized spacial score (nSPS) is 17.8. The van der Waals surface area contributed by atoms with Crippen LogP contribution >= 0.6 is 0 Å². The van der Waals surface area contributed by atoms with E-state index in [0.29, 0.717) is 19.4 Å². The van der Waals surface area contributed by atoms with Crippen LogP contribution in [0.3, 0.4) is 0 Å². The van der Waals surface area contributed by atoms with Gasteiger partial charge >= 0.3 is 5.97 Å². The first-order valence-corrected chi connectivity index (χ1v) is 10.9. The van der Waals surface area contributed by atoms with Crippen LogP contribution in [-0.4, -0.2) is 34.5 Å². The average Bonchev–Trinajstić information content (AvgIpc) is 3.20. The predicted octanol–water partition coefficient (Wildman–Crippen LogP) is 5.98. The van der Waals surface area contributed by atoms with Crippen LogP contribution in [0.25, 0.3) is 0 Å². The number of hydrogen-bond acceptors (Lipinski definition) is 2. The van der Waals surface area contributed by atoms with Crippen molar-refractivity contribution < 1.29 is 14.7 Å². The summed E-state index contributed by atoms with van der Waals surface area (Å²) in [5, 5.41) is 9.13. The fourth-order valence-electron chi connectivity index (χ4n) is 3.21. The van der Waals surface area contributed by atoms with Crippen LogP contribution in [0.5, 0.6) is 0 Å². The van der Waals surface area contributed by atoms with Gasteiger partial charge in [-0.15, -0.1) is 0 Å². The van der Waals surface area contributed by atoms with E-state index in [9.17, 15) is 9.59 Å². The van der Waals surface area contributed by atoms with Gasteiger partial charge in [0.1, 0.15) is 6.04 Å². The summed E-state index contributed by atoms with van der Waals surface area (Å²) in [7, 11) is 0. The number of nitrogens with zero attached hydrogens (tertiary/aromatic N) is 1. The molecule has 1 heterocycles. The van der Waals surface area contributed by atoms with Crippen LogP contribution < -0.4 is 0 Å². The Morgan fingerprint density at radius 3 is 1.90 bits per heavy atom. The molecular formula is C25H37NO3. The van der Waals surface area contributed by atoms with E-state index < -0.39 is 12.0 Å². The SMILES string of the molecule is CC/C=C/C/C=C/C/C=C/C/C=C/C/C=C/CCCC(=O)N1CCCC1C(=O)O. The first kappa shape index (κ1) is 24.7. The maximum atomic E-state index is 12.1. The highest BCUT2D eigenvalue weighted by Gasteiger charge is 2.33. The smallest absolute Gasteiger partial charge is 0.326 e. The third-order valence-electron chi connectivity index (χ3n) is 4.78. The Morgan fingerprint density at radius 2 is 1.38 bits per heavy atom. The molecule has 1 saturated heterocycles. The molecule has 1 atom stereocenters. The van der Waals surface area contributed by atoms with Gasteiger partial charge in [-0.2, -0.15) is 0 Å². The van der Waals surface area contributed by atoms with E-state index in [-0.39, 0.29) is 5.91 Å². The van der Waals surface area contributed by atoms with Crippen LogP contribution in [0.1, 0.15) is 71.1 Å². The van der Waals surface area contributed by atoms with E-state index in [1.54, 1.807) is 0 Å². The molecule has 4 nitrogen and oxygen atoms in total. The Balaban J connectivity index is 2.03. The molecule has 1 aliphatic rings. The van der Waals surface area contributed by atoms with Gasteiger partial charge < -0.3 is 10.0 Å². The summed E-state index contributed by atoms with van der Waals surface area (Å²) in [6.07, 6.45) is 30.0. The standard InChI is InChI=1S/C25H37NO3/c1-2-3-4-5-6-7-8-9-10-11-12-13-14-15-16-17-18-21-24(27)26-22-19-20-23(26)25(28)29/h3-4,6-7,9-10,12-13,15-16,23H,2,5,8,11,14,17-22H2,1H3,(H,28,29)/b4-3+,7-6+,10-9+,13-12+,16-15+. The zero-order valence-electron chi connectivity index (χ0n) is 17.8. The van der Waals surface area contributed by atoms with E-state index in [1.807, 2.05) is 0 Å². The summed E-state index contributed by atoms with van der Waals surface area (Å²) in [6.45, 7) is 2.72. The number of amides is 1. The summed E-state index contributed by atoms with van der Waals surface area (Å²) in [5.74, 6) is -0.907. The summed E-state index contributed by atoms with van der Waals surface area (Å²) in [5.41, 5.74) is 0. The van der Waals surface area contributed by atoms with E-state index >= 15 is 0 Å². The maximum absolute atomic E-state index is 12.1. The molecule has 0 aromatic rings. The van der Waals surface area contributed by atoms with Crippen LogP contribution in [0.4, 0.5) is 0 Å². The second-order valence-electron chi connectivity index (χ2n) is 7.18. The molecule has 0 spiro atoms. The molecule has 0 saturated carbocycles. The Kier molecular flexibility index (Phi) is 14.1. The molecule has 1 N–H and O–H groups in total. The lowest BCUT2D eigenvalue weighted by molar-refractivity contribution is -0.148. The second kappa shape index (κ2) is 16.6. The van der Waals surface area contributed by atoms with Gasteiger partial charge in [-0.3, -0.25) is 4.79 Å². The van der Waals surface area contributed by atoms with E-state index in [1.165, 1.54) is 4.90 Å². The monoisotopic (exact) mass is 399 g/mol. The van der Waals surface area contributed by atoms with Crippen LogP contribution in [0, 0.1) is 0 Å². The third-order valence-corrected chi connectivity index (χ3v) is 4.78. The highest BCUT2D eigenvalue weighted by Crippen LogP contribution is 2.19. The molecule has 0 aromatic carbocycles. The van der Waals surface area contributed by atoms with Gasteiger partial charge in [0, 0.05) is 13.0 Å². The number of carbonyl (C=O) groups excluding carboxylic acids is 1. The Bertz CT molecular complexity index is 614. The molecule has 0 radical (unpaired) electrons. The lowest BCUT2D eigenvalue weighted by Crippen LogP contribution is -2.40. The molecule has 0 bridgehead atoms. The topological polar surface area (TPSA) is 57.6 Å². The number of carbonyl (C=O) groups is 2. The molecule has 160 valence electrons. The average molecular weight is 400 g/mol. The van der Waals surface area contributed by atoms with Crippen molar-refractivity contribution >= 4 is 11.9 Å². The number of unbranched alkanes of at least 4 members (excludes halogenated alkanes) is 1. The van der Waals surface area contributed by atoms with Gasteiger partial charge in [-0.1, -0.05) is 67.7 Å². The van der Waals surface area contributed by atoms with Gasteiger partial charge in [-0.25, -0.2) is 4.79 Å². The molecule has 29 heavy (non-hydrogen) atoms. The minimum absolute atomic E-state index is 0.0257. The molecule has 1 amide bonds. The molecular weight excluding hydrogens is 362 g/mol. The number of likely N-dealkylation sites (tertiary alicyclic amines) is 1. The largest absolute Gasteiger partial charge is 0.480 e. The zero-order chi connectivity index (χ0) is 21.2. The Morgan fingerprint density at radius 1 is 0.862 bits per heavy atom. The number of rotatable bonds is 14. The number of aliphatic carboxylic acids is 1. The Labute approximate surface area is 176 Å². The number of carboxylic acids is 1. The van der Waals surface area contributed by atoms with E-state index in [0.717, 1.165) is 51.4 Å². The molecule has 1 aliphatic heterocycles. The van der Waals surface area contributed by atoms with Crippen molar-refractivity contribution in [2.24, 2.45) is 0 Å². The number of allylic oxidation sites excluding steroid dienone is 10. The third kappa shape index (κ3) is 11.9. The molecule has 1 unspecified atom stereocenters. The van der Waals surface area contributed by atoms with Crippen molar-refractivity contribution in [2.45, 2.75) is 77.2 Å². The van der Waals surface area contributed by atoms with Crippen molar-refractivity contribution in [2.75, 3.05) is 6.54 Å². The van der Waals surface area contributed by atoms with Gasteiger partial charge in [0.2, 0.25) is 5.91 Å². The molecule has 0 aliphatic carbocycles. The quantitative estimate of drug-likeness (QED) is 0.288. The van der Waals surface area contributed by atoms with Gasteiger partial charge in [0.25, 0.3) is 0 Å². The molecule has 0 aromatic heterocycles. The zero-order valence-corrected chi connectivity index (χ0v) is 17.8. The molecule has 4 heteroatoms. The lowest BCUT2D eigenvalue weighted by atomic mass is 10.2. The van der Waals surface area contributed by atoms with Gasteiger partial charge in [0.15, 0.2) is 0 Å². The first-order valence-electron chi connectivity index (χ1n) is 10.9. The van der Waals surface area contributed by atoms with Crippen molar-refractivity contribution in [3.05, 3.63) is 60.8 Å². The van der Waals surface area contributed by atoms with Crippen molar-refractivity contribution in [1.82, 2.24) is 4.90 Å². The summed E-state index contributed by atoms with van der Waals surface area (Å²) >= 11 is 0. The number of hydrogen-bond donors (Lipinski definition) is 1. The van der Waals surface area contributed by atoms with E-state index in [2.05, 4.69) is 67.7 Å². The van der Waals surface area contributed by atoms with Crippen molar-refractivity contribution in [1.29, 1.82) is 0 Å². The first-order chi connectivity index (χ1) is 14.2. The highest BCUT2D eigenvalue weighted by molar-refractivity contribution is 5.84. The molecule has 1 rings (SSSR count). The fourth-order valence-corrected chi connectivity index (χ4v) is 3.21. The van der Waals surface area contributed by atoms with Gasteiger partial charge in [0.05, 0.1) is 0 Å². The minimum Gasteiger partial charge on any atom is -0.480 e. The van der Waals surface area contributed by atoms with Crippen LogP contribution in [0.15, 0.2) is 60.8 Å². The number of carboxylic acid groups (broad SMARTS) is 1. The minimum atomic E-state index is -0.881.